The predicted octanol–water partition coefficient (Wildman–Crippen LogP) is 3.67. The maximum absolute atomic E-state index is 12.2. The molecule has 0 radical (unpaired) electrons. The van der Waals surface area contributed by atoms with Crippen molar-refractivity contribution < 1.29 is 4.79 Å². The first kappa shape index (κ1) is 10.8. The standard InChI is InChI=1S/C15H24O/c1-9-5-6-13-14(3,4)11-7-15(9,13)8-12(16)10(11)2/h9-11,13H,5-8H2,1-4H3/t9-,10?,11+,13+,15-/m1/s1. The van der Waals surface area contributed by atoms with Crippen LogP contribution >= 0.6 is 0 Å². The van der Waals surface area contributed by atoms with E-state index >= 15 is 0 Å². The minimum Gasteiger partial charge on any atom is -0.299 e. The van der Waals surface area contributed by atoms with E-state index in [-0.39, 0.29) is 0 Å². The van der Waals surface area contributed by atoms with Crippen LogP contribution in [0.25, 0.3) is 0 Å². The van der Waals surface area contributed by atoms with E-state index in [1.54, 1.807) is 0 Å². The fraction of sp³-hybridized carbons (Fsp3) is 0.933. The zero-order valence-corrected chi connectivity index (χ0v) is 11.0. The largest absolute Gasteiger partial charge is 0.299 e. The van der Waals surface area contributed by atoms with Gasteiger partial charge in [-0.05, 0) is 47.8 Å². The summed E-state index contributed by atoms with van der Waals surface area (Å²) in [5.41, 5.74) is 0.800. The van der Waals surface area contributed by atoms with E-state index in [2.05, 4.69) is 27.7 Å². The van der Waals surface area contributed by atoms with Crippen molar-refractivity contribution in [3.63, 3.8) is 0 Å². The topological polar surface area (TPSA) is 17.1 Å². The Bertz CT molecular complexity index is 343. The van der Waals surface area contributed by atoms with Crippen LogP contribution in [0.1, 0.15) is 53.4 Å². The van der Waals surface area contributed by atoms with Gasteiger partial charge in [0, 0.05) is 12.3 Å². The van der Waals surface area contributed by atoms with Crippen LogP contribution in [-0.2, 0) is 4.79 Å². The van der Waals surface area contributed by atoms with Gasteiger partial charge in [0.15, 0.2) is 0 Å². The average Bonchev–Trinajstić information content (AvgIpc) is 2.59. The summed E-state index contributed by atoms with van der Waals surface area (Å²) in [5, 5.41) is 0. The first-order valence-corrected chi connectivity index (χ1v) is 6.92. The third kappa shape index (κ3) is 1.01. The third-order valence-electron chi connectivity index (χ3n) is 6.63. The normalized spacial score (nSPS) is 54.1. The molecule has 0 aromatic heterocycles. The van der Waals surface area contributed by atoms with Gasteiger partial charge >= 0.3 is 0 Å². The molecule has 0 saturated heterocycles. The van der Waals surface area contributed by atoms with E-state index in [1.165, 1.54) is 19.3 Å². The molecule has 1 heteroatoms. The zero-order valence-electron chi connectivity index (χ0n) is 11.0. The smallest absolute Gasteiger partial charge is 0.136 e. The second-order valence-electron chi connectivity index (χ2n) is 7.33. The molecular formula is C15H24O. The number of Topliss-reactive ketones (excluding diaryl/α,β-unsaturated/α-hetero) is 1. The molecule has 0 aliphatic heterocycles. The number of fused-ring (bicyclic) bond motifs is 1. The lowest BCUT2D eigenvalue weighted by atomic mass is 9.65. The van der Waals surface area contributed by atoms with Gasteiger partial charge in [-0.3, -0.25) is 4.79 Å². The SMILES string of the molecule is CC1C(=O)C[C@@]23C[C@@H]1C(C)(C)[C@@H]2CC[C@H]3C. The minimum atomic E-state index is 0.318. The van der Waals surface area contributed by atoms with Crippen LogP contribution in [0.5, 0.6) is 0 Å². The lowest BCUT2D eigenvalue weighted by Crippen LogP contribution is -2.36. The molecule has 0 N–H and O–H groups in total. The monoisotopic (exact) mass is 220 g/mol. The van der Waals surface area contributed by atoms with Crippen LogP contribution in [0.15, 0.2) is 0 Å². The van der Waals surface area contributed by atoms with Crippen molar-refractivity contribution >= 4 is 5.78 Å². The fourth-order valence-electron chi connectivity index (χ4n) is 5.62. The Kier molecular flexibility index (Phi) is 1.97. The molecule has 90 valence electrons. The van der Waals surface area contributed by atoms with Crippen molar-refractivity contribution in [2.75, 3.05) is 0 Å². The first-order chi connectivity index (χ1) is 7.39. The molecule has 2 bridgehead atoms. The van der Waals surface area contributed by atoms with E-state index in [4.69, 9.17) is 0 Å². The molecule has 0 aromatic carbocycles. The van der Waals surface area contributed by atoms with Gasteiger partial charge in [-0.25, -0.2) is 0 Å². The van der Waals surface area contributed by atoms with Crippen LogP contribution < -0.4 is 0 Å². The van der Waals surface area contributed by atoms with Gasteiger partial charge in [0.1, 0.15) is 5.78 Å². The summed E-state index contributed by atoms with van der Waals surface area (Å²) in [5.74, 6) is 3.12. The second kappa shape index (κ2) is 2.91. The summed E-state index contributed by atoms with van der Waals surface area (Å²) in [4.78, 5) is 12.2. The van der Waals surface area contributed by atoms with Crippen molar-refractivity contribution in [2.24, 2.45) is 34.5 Å². The minimum absolute atomic E-state index is 0.318. The fourth-order valence-corrected chi connectivity index (χ4v) is 5.62. The molecule has 3 saturated carbocycles. The number of hydrogen-bond donors (Lipinski definition) is 0. The van der Waals surface area contributed by atoms with Crippen molar-refractivity contribution in [1.29, 1.82) is 0 Å². The highest BCUT2D eigenvalue weighted by Crippen LogP contribution is 2.71. The third-order valence-corrected chi connectivity index (χ3v) is 6.63. The van der Waals surface area contributed by atoms with E-state index in [1.807, 2.05) is 0 Å². The molecule has 5 atom stereocenters. The van der Waals surface area contributed by atoms with Crippen molar-refractivity contribution in [2.45, 2.75) is 53.4 Å². The molecule has 16 heavy (non-hydrogen) atoms. The Hall–Kier alpha value is -0.330. The summed E-state index contributed by atoms with van der Waals surface area (Å²) in [7, 11) is 0. The quantitative estimate of drug-likeness (QED) is 0.608. The molecule has 1 unspecified atom stereocenters. The Morgan fingerprint density at radius 1 is 1.19 bits per heavy atom. The molecule has 1 spiro atoms. The van der Waals surface area contributed by atoms with E-state index in [9.17, 15) is 4.79 Å². The van der Waals surface area contributed by atoms with Gasteiger partial charge in [-0.2, -0.15) is 0 Å². The number of ketones is 1. The van der Waals surface area contributed by atoms with Gasteiger partial charge in [0.2, 0.25) is 0 Å². The molecule has 3 aliphatic carbocycles. The van der Waals surface area contributed by atoms with Crippen LogP contribution in [0.2, 0.25) is 0 Å². The van der Waals surface area contributed by atoms with Crippen molar-refractivity contribution in [3.8, 4) is 0 Å². The molecule has 0 amide bonds. The molecule has 3 rings (SSSR count). The van der Waals surface area contributed by atoms with Gasteiger partial charge < -0.3 is 0 Å². The molecule has 0 heterocycles. The summed E-state index contributed by atoms with van der Waals surface area (Å²) >= 11 is 0. The lowest BCUT2D eigenvalue weighted by molar-refractivity contribution is -0.130. The van der Waals surface area contributed by atoms with Crippen LogP contribution in [0.3, 0.4) is 0 Å². The van der Waals surface area contributed by atoms with Gasteiger partial charge in [-0.1, -0.05) is 27.7 Å². The first-order valence-electron chi connectivity index (χ1n) is 6.92. The number of hydrogen-bond acceptors (Lipinski definition) is 1. The van der Waals surface area contributed by atoms with Crippen molar-refractivity contribution in [3.05, 3.63) is 0 Å². The summed E-state index contributed by atoms with van der Waals surface area (Å²) in [6, 6.07) is 0. The maximum Gasteiger partial charge on any atom is 0.136 e. The highest BCUT2D eigenvalue weighted by molar-refractivity contribution is 5.83. The molecule has 3 fully saturated rings. The number of rotatable bonds is 0. The van der Waals surface area contributed by atoms with Crippen LogP contribution in [0, 0.1) is 34.5 Å². The predicted molar refractivity (Wildman–Crippen MR) is 65.0 cm³/mol. The van der Waals surface area contributed by atoms with Crippen LogP contribution in [-0.4, -0.2) is 5.78 Å². The number of carbonyl (C=O) groups excluding carboxylic acids is 1. The zero-order chi connectivity index (χ0) is 11.7. The highest BCUT2D eigenvalue weighted by Gasteiger charge is 2.66. The summed E-state index contributed by atoms with van der Waals surface area (Å²) in [6.45, 7) is 9.42. The highest BCUT2D eigenvalue weighted by atomic mass is 16.1. The maximum atomic E-state index is 12.2. The van der Waals surface area contributed by atoms with Gasteiger partial charge in [0.05, 0.1) is 0 Å². The molecule has 3 aliphatic rings. The Labute approximate surface area is 99.0 Å². The van der Waals surface area contributed by atoms with E-state index in [0.29, 0.717) is 28.4 Å². The van der Waals surface area contributed by atoms with Crippen molar-refractivity contribution in [1.82, 2.24) is 0 Å². The summed E-state index contributed by atoms with van der Waals surface area (Å²) < 4.78 is 0. The Morgan fingerprint density at radius 3 is 2.56 bits per heavy atom. The lowest BCUT2D eigenvalue weighted by Gasteiger charge is -2.38. The molecule has 1 nitrogen and oxygen atoms in total. The number of carbonyl (C=O) groups is 1. The summed E-state index contributed by atoms with van der Waals surface area (Å²) in [6.07, 6.45) is 4.94. The Morgan fingerprint density at radius 2 is 1.88 bits per heavy atom. The van der Waals surface area contributed by atoms with E-state index in [0.717, 1.165) is 18.3 Å². The van der Waals surface area contributed by atoms with Crippen LogP contribution in [0.4, 0.5) is 0 Å². The van der Waals surface area contributed by atoms with Gasteiger partial charge in [-0.15, -0.1) is 0 Å². The average molecular weight is 220 g/mol. The molecule has 0 aromatic rings. The van der Waals surface area contributed by atoms with Gasteiger partial charge in [0.25, 0.3) is 0 Å². The Balaban J connectivity index is 2.10. The molecular weight excluding hydrogens is 196 g/mol. The van der Waals surface area contributed by atoms with E-state index < -0.39 is 0 Å². The second-order valence-corrected chi connectivity index (χ2v) is 7.33.